The van der Waals surface area contributed by atoms with Gasteiger partial charge in [0.25, 0.3) is 0 Å². The molecule has 0 radical (unpaired) electrons. The van der Waals surface area contributed by atoms with Crippen molar-refractivity contribution in [3.05, 3.63) is 48.5 Å². The van der Waals surface area contributed by atoms with Crippen LogP contribution < -0.4 is 15.0 Å². The fourth-order valence-electron chi connectivity index (χ4n) is 6.24. The summed E-state index contributed by atoms with van der Waals surface area (Å²) < 4.78 is 31.4. The summed E-state index contributed by atoms with van der Waals surface area (Å²) in [6, 6.07) is 8.05. The van der Waals surface area contributed by atoms with E-state index in [2.05, 4.69) is 40.1 Å². The average molecular weight is 605 g/mol. The summed E-state index contributed by atoms with van der Waals surface area (Å²) in [4.78, 5) is 18.8. The lowest BCUT2D eigenvalue weighted by molar-refractivity contribution is 0.226. The highest BCUT2D eigenvalue weighted by molar-refractivity contribution is 7.90. The quantitative estimate of drug-likeness (QED) is 0.302. The van der Waals surface area contributed by atoms with Gasteiger partial charge in [-0.1, -0.05) is 0 Å². The Kier molecular flexibility index (Phi) is 7.99. The molecule has 2 aliphatic heterocycles. The first-order chi connectivity index (χ1) is 20.6. The van der Waals surface area contributed by atoms with Crippen LogP contribution in [0.2, 0.25) is 0 Å². The van der Waals surface area contributed by atoms with E-state index in [1.165, 1.54) is 6.26 Å². The van der Waals surface area contributed by atoms with E-state index < -0.39 is 9.84 Å². The summed E-state index contributed by atoms with van der Waals surface area (Å²) in [5.41, 5.74) is 4.27. The maximum Gasteiger partial charge on any atom is 0.158 e. The molecule has 12 heteroatoms. The lowest BCUT2D eigenvalue weighted by atomic mass is 9.91. The van der Waals surface area contributed by atoms with Crippen LogP contribution in [0.15, 0.2) is 42.9 Å². The Hall–Kier alpha value is -3.77. The molecule has 2 atom stereocenters. The fourth-order valence-corrected chi connectivity index (χ4v) is 7.40. The zero-order valence-corrected chi connectivity index (χ0v) is 26.3. The summed E-state index contributed by atoms with van der Waals surface area (Å²) in [5, 5.41) is 9.32. The third-order valence-corrected chi connectivity index (χ3v) is 9.95. The van der Waals surface area contributed by atoms with Gasteiger partial charge < -0.3 is 19.9 Å². The number of aryl methyl sites for hydroxylation is 1. The summed E-state index contributed by atoms with van der Waals surface area (Å²) in [6.45, 7) is 7.81. The zero-order chi connectivity index (χ0) is 30.3. The maximum atomic E-state index is 12.0. The van der Waals surface area contributed by atoms with Gasteiger partial charge in [0.15, 0.2) is 5.82 Å². The van der Waals surface area contributed by atoms with Gasteiger partial charge >= 0.3 is 0 Å². The number of methoxy groups -OCH3 is 1. The molecule has 11 nitrogen and oxygen atoms in total. The second kappa shape index (κ2) is 11.7. The molecule has 228 valence electrons. The molecule has 0 amide bonds. The SMILES string of the molecule is COc1ccncc1-c1cc2c(cnn2-c2cc(N3C[C@H](CS(C)(=O)=O)[C@H]3C)cc(NCC3CCN(C)CC3)n2)c(C)n1. The minimum absolute atomic E-state index is 0.0946. The number of likely N-dealkylation sites (tertiary alicyclic amines) is 1. The van der Waals surface area contributed by atoms with Crippen molar-refractivity contribution in [1.82, 2.24) is 29.6 Å². The first kappa shape index (κ1) is 29.3. The van der Waals surface area contributed by atoms with E-state index in [9.17, 15) is 8.42 Å². The van der Waals surface area contributed by atoms with Crippen molar-refractivity contribution in [2.45, 2.75) is 32.7 Å². The van der Waals surface area contributed by atoms with E-state index in [4.69, 9.17) is 19.8 Å². The predicted molar refractivity (Wildman–Crippen MR) is 170 cm³/mol. The molecule has 6 rings (SSSR count). The second-order valence-corrected chi connectivity index (χ2v) is 14.3. The molecule has 2 aliphatic rings. The minimum Gasteiger partial charge on any atom is -0.496 e. The van der Waals surface area contributed by atoms with Crippen LogP contribution in [-0.2, 0) is 9.84 Å². The molecule has 4 aromatic heterocycles. The second-order valence-electron chi connectivity index (χ2n) is 12.1. The first-order valence-corrected chi connectivity index (χ1v) is 16.9. The lowest BCUT2D eigenvalue weighted by Crippen LogP contribution is -2.57. The highest BCUT2D eigenvalue weighted by atomic mass is 32.2. The van der Waals surface area contributed by atoms with Crippen LogP contribution in [-0.4, -0.2) is 96.4 Å². The molecule has 0 saturated carbocycles. The van der Waals surface area contributed by atoms with Crippen LogP contribution in [0, 0.1) is 18.8 Å². The summed E-state index contributed by atoms with van der Waals surface area (Å²) in [7, 11) is 0.766. The van der Waals surface area contributed by atoms with Crippen LogP contribution in [0.1, 0.15) is 25.5 Å². The van der Waals surface area contributed by atoms with Crippen molar-refractivity contribution in [2.75, 3.05) is 62.6 Å². The van der Waals surface area contributed by atoms with Crippen LogP contribution in [0.3, 0.4) is 0 Å². The van der Waals surface area contributed by atoms with Gasteiger partial charge in [0, 0.05) is 72.6 Å². The molecule has 0 aromatic carbocycles. The Morgan fingerprint density at radius 1 is 1.12 bits per heavy atom. The molecule has 0 aliphatic carbocycles. The number of piperidine rings is 1. The van der Waals surface area contributed by atoms with Crippen molar-refractivity contribution in [1.29, 1.82) is 0 Å². The normalized spacial score (nSPS) is 19.9. The minimum atomic E-state index is -3.05. The molecule has 2 fully saturated rings. The molecule has 2 saturated heterocycles. The van der Waals surface area contributed by atoms with Gasteiger partial charge in [-0.25, -0.2) is 18.1 Å². The largest absolute Gasteiger partial charge is 0.496 e. The number of fused-ring (bicyclic) bond motifs is 1. The number of hydrogen-bond acceptors (Lipinski definition) is 10. The van der Waals surface area contributed by atoms with Gasteiger partial charge in [0.2, 0.25) is 0 Å². The highest BCUT2D eigenvalue weighted by Gasteiger charge is 2.38. The average Bonchev–Trinajstić information content (AvgIpc) is 3.43. The van der Waals surface area contributed by atoms with E-state index in [1.54, 1.807) is 19.5 Å². The van der Waals surface area contributed by atoms with E-state index in [1.807, 2.05) is 36.0 Å². The smallest absolute Gasteiger partial charge is 0.158 e. The molecule has 1 N–H and O–H groups in total. The van der Waals surface area contributed by atoms with Crippen molar-refractivity contribution < 1.29 is 13.2 Å². The number of rotatable bonds is 9. The van der Waals surface area contributed by atoms with Gasteiger partial charge in [-0.3, -0.25) is 9.97 Å². The van der Waals surface area contributed by atoms with Crippen LogP contribution in [0.4, 0.5) is 11.5 Å². The van der Waals surface area contributed by atoms with Gasteiger partial charge in [0.1, 0.15) is 21.4 Å². The highest BCUT2D eigenvalue weighted by Crippen LogP contribution is 2.36. The number of nitrogens with zero attached hydrogens (tertiary/aromatic N) is 7. The van der Waals surface area contributed by atoms with Crippen molar-refractivity contribution in [3.63, 3.8) is 0 Å². The Bertz CT molecular complexity index is 1730. The van der Waals surface area contributed by atoms with E-state index in [-0.39, 0.29) is 17.7 Å². The standard InChI is InChI=1S/C31H40N8O3S/c1-20-25-17-34-39(28(25)14-27(35-20)26-16-32-9-6-29(26)42-4)31-13-24(38-18-23(21(38)2)19-43(5,40)41)12-30(36-31)33-15-22-7-10-37(3)11-8-22/h6,9,12-14,16-17,21-23H,7-8,10-11,15,18-19H2,1-5H3,(H,33,36)/t21-,23-/m1/s1. The number of pyridine rings is 3. The Labute approximate surface area is 253 Å². The number of hydrogen-bond donors (Lipinski definition) is 1. The van der Waals surface area contributed by atoms with E-state index in [0.29, 0.717) is 24.0 Å². The number of aromatic nitrogens is 5. The molecular formula is C31H40N8O3S. The fraction of sp³-hybridized carbons (Fsp3) is 0.484. The van der Waals surface area contributed by atoms with Gasteiger partial charge in [-0.05, 0) is 64.9 Å². The van der Waals surface area contributed by atoms with E-state index in [0.717, 1.165) is 71.8 Å². The summed E-state index contributed by atoms with van der Waals surface area (Å²) in [6.07, 6.45) is 8.91. The predicted octanol–water partition coefficient (Wildman–Crippen LogP) is 3.82. The number of sulfone groups is 1. The van der Waals surface area contributed by atoms with Crippen LogP contribution >= 0.6 is 0 Å². The molecule has 0 spiro atoms. The maximum absolute atomic E-state index is 12.0. The Balaban J connectivity index is 1.38. The summed E-state index contributed by atoms with van der Waals surface area (Å²) in [5.74, 6) is 3.05. The van der Waals surface area contributed by atoms with Crippen LogP contribution in [0.5, 0.6) is 5.75 Å². The van der Waals surface area contributed by atoms with Crippen molar-refractivity contribution >= 4 is 32.2 Å². The van der Waals surface area contributed by atoms with E-state index >= 15 is 0 Å². The van der Waals surface area contributed by atoms with Gasteiger partial charge in [0.05, 0.1) is 35.8 Å². The molecule has 4 aromatic rings. The number of anilines is 2. The molecule has 0 bridgehead atoms. The third-order valence-electron chi connectivity index (χ3n) is 8.91. The van der Waals surface area contributed by atoms with Crippen molar-refractivity contribution in [3.8, 4) is 22.8 Å². The molecule has 43 heavy (non-hydrogen) atoms. The third kappa shape index (κ3) is 6.16. The van der Waals surface area contributed by atoms with Gasteiger partial charge in [-0.15, -0.1) is 0 Å². The monoisotopic (exact) mass is 604 g/mol. The topological polar surface area (TPSA) is 118 Å². The Morgan fingerprint density at radius 3 is 2.63 bits per heavy atom. The zero-order valence-electron chi connectivity index (χ0n) is 25.5. The number of ether oxygens (including phenoxy) is 1. The molecule has 6 heterocycles. The lowest BCUT2D eigenvalue weighted by Gasteiger charge is -2.48. The number of nitrogens with one attached hydrogen (secondary N) is 1. The van der Waals surface area contributed by atoms with Crippen LogP contribution in [0.25, 0.3) is 28.0 Å². The first-order valence-electron chi connectivity index (χ1n) is 14.8. The Morgan fingerprint density at radius 2 is 1.91 bits per heavy atom. The van der Waals surface area contributed by atoms with Crippen molar-refractivity contribution in [2.24, 2.45) is 11.8 Å². The molecule has 0 unspecified atom stereocenters. The van der Waals surface area contributed by atoms with Gasteiger partial charge in [-0.2, -0.15) is 5.10 Å². The summed E-state index contributed by atoms with van der Waals surface area (Å²) >= 11 is 0. The molecular weight excluding hydrogens is 564 g/mol.